The normalized spacial score (nSPS) is 10.7. The van der Waals surface area contributed by atoms with Crippen LogP contribution in [-0.2, 0) is 4.79 Å². The molecule has 0 fully saturated rings. The number of nitro groups is 2. The van der Waals surface area contributed by atoms with Crippen LogP contribution in [0, 0.1) is 31.6 Å². The molecule has 194 valence electrons. The van der Waals surface area contributed by atoms with Gasteiger partial charge in [0.05, 0.1) is 34.1 Å². The van der Waals surface area contributed by atoms with Crippen LogP contribution in [0.15, 0.2) is 64.6 Å². The molecule has 0 saturated heterocycles. The second-order valence-electron chi connectivity index (χ2n) is 7.38. The van der Waals surface area contributed by atoms with E-state index >= 15 is 0 Å². The molecule has 0 aliphatic rings. The highest BCUT2D eigenvalue weighted by atomic mass is 79.9. The molecular weight excluding hydrogens is 564 g/mol. The van der Waals surface area contributed by atoms with E-state index in [-0.39, 0.29) is 27.3 Å². The zero-order valence-corrected chi connectivity index (χ0v) is 21.6. The molecule has 0 aliphatic heterocycles. The minimum atomic E-state index is -0.804. The second-order valence-corrected chi connectivity index (χ2v) is 8.24. The maximum absolute atomic E-state index is 12.7. The fraction of sp³-hybridized carbons (Fsp3) is 0.120. The van der Waals surface area contributed by atoms with Crippen LogP contribution in [-0.4, -0.2) is 29.5 Å². The zero-order chi connectivity index (χ0) is 27.8. The van der Waals surface area contributed by atoms with E-state index in [4.69, 9.17) is 14.2 Å². The summed E-state index contributed by atoms with van der Waals surface area (Å²) in [5.41, 5.74) is -0.435. The van der Waals surface area contributed by atoms with Gasteiger partial charge in [-0.3, -0.25) is 25.0 Å². The molecule has 0 spiro atoms. The van der Waals surface area contributed by atoms with Crippen molar-refractivity contribution in [2.24, 2.45) is 0 Å². The van der Waals surface area contributed by atoms with Gasteiger partial charge in [-0.05, 0) is 77.0 Å². The van der Waals surface area contributed by atoms with Crippen molar-refractivity contribution in [3.63, 3.8) is 0 Å². The maximum Gasteiger partial charge on any atom is 0.318 e. The molecule has 3 aromatic carbocycles. The maximum atomic E-state index is 12.7. The Morgan fingerprint density at radius 1 is 1.08 bits per heavy atom. The number of carbonyl (C=O) groups excluding carboxylic acids is 1. The monoisotopic (exact) mass is 582 g/mol. The smallest absolute Gasteiger partial charge is 0.318 e. The van der Waals surface area contributed by atoms with Crippen LogP contribution in [0.25, 0.3) is 6.08 Å². The van der Waals surface area contributed by atoms with Crippen molar-refractivity contribution >= 4 is 45.0 Å². The summed E-state index contributed by atoms with van der Waals surface area (Å²) in [6.45, 7) is 2.35. The van der Waals surface area contributed by atoms with Gasteiger partial charge in [0.25, 0.3) is 11.6 Å². The number of rotatable bonds is 10. The van der Waals surface area contributed by atoms with Gasteiger partial charge >= 0.3 is 5.69 Å². The number of halogens is 1. The molecule has 1 amide bonds. The number of amides is 1. The van der Waals surface area contributed by atoms with Crippen molar-refractivity contribution < 1.29 is 28.9 Å². The van der Waals surface area contributed by atoms with Gasteiger partial charge in [-0.1, -0.05) is 0 Å². The van der Waals surface area contributed by atoms with Crippen LogP contribution >= 0.6 is 15.9 Å². The summed E-state index contributed by atoms with van der Waals surface area (Å²) >= 11 is 3.31. The van der Waals surface area contributed by atoms with Gasteiger partial charge in [-0.15, -0.1) is 0 Å². The zero-order valence-electron chi connectivity index (χ0n) is 20.0. The molecule has 0 saturated carbocycles. The van der Waals surface area contributed by atoms with E-state index in [1.165, 1.54) is 25.3 Å². The largest absolute Gasteiger partial charge is 0.494 e. The third kappa shape index (κ3) is 6.62. The lowest BCUT2D eigenvalue weighted by molar-refractivity contribution is -0.394. The van der Waals surface area contributed by atoms with Gasteiger partial charge in [-0.25, -0.2) is 0 Å². The molecule has 0 aliphatic carbocycles. The van der Waals surface area contributed by atoms with E-state index < -0.39 is 27.1 Å². The molecule has 3 rings (SSSR count). The number of hydrogen-bond donors (Lipinski definition) is 1. The van der Waals surface area contributed by atoms with Crippen LogP contribution in [0.5, 0.6) is 23.0 Å². The molecule has 0 unspecified atom stereocenters. The number of nitro benzene ring substituents is 2. The summed E-state index contributed by atoms with van der Waals surface area (Å²) in [5, 5.41) is 34.6. The average molecular weight is 583 g/mol. The Balaban J connectivity index is 1.90. The number of non-ortho nitro benzene ring substituents is 1. The van der Waals surface area contributed by atoms with Crippen molar-refractivity contribution in [3.8, 4) is 29.1 Å². The van der Waals surface area contributed by atoms with Crippen LogP contribution in [0.2, 0.25) is 0 Å². The summed E-state index contributed by atoms with van der Waals surface area (Å²) in [5.74, 6) is -0.106. The summed E-state index contributed by atoms with van der Waals surface area (Å²) in [6, 6.07) is 14.4. The van der Waals surface area contributed by atoms with Crippen molar-refractivity contribution in [1.82, 2.24) is 0 Å². The minimum absolute atomic E-state index is 0.0407. The van der Waals surface area contributed by atoms with Crippen LogP contribution in [0.3, 0.4) is 0 Å². The molecule has 0 heterocycles. The number of carbonyl (C=O) groups is 1. The molecule has 1 N–H and O–H groups in total. The first-order valence-corrected chi connectivity index (χ1v) is 11.6. The van der Waals surface area contributed by atoms with Crippen molar-refractivity contribution in [1.29, 1.82) is 5.26 Å². The predicted molar refractivity (Wildman–Crippen MR) is 140 cm³/mol. The molecule has 12 nitrogen and oxygen atoms in total. The molecule has 0 atom stereocenters. The van der Waals surface area contributed by atoms with Gasteiger partial charge in [0.2, 0.25) is 5.75 Å². The number of nitrogens with one attached hydrogen (secondary N) is 1. The number of nitriles is 1. The summed E-state index contributed by atoms with van der Waals surface area (Å²) in [4.78, 5) is 33.6. The van der Waals surface area contributed by atoms with Gasteiger partial charge in [0.15, 0.2) is 11.5 Å². The third-order valence-electron chi connectivity index (χ3n) is 4.91. The fourth-order valence-electron chi connectivity index (χ4n) is 3.20. The number of nitrogens with zero attached hydrogens (tertiary/aromatic N) is 3. The first kappa shape index (κ1) is 27.6. The third-order valence-corrected chi connectivity index (χ3v) is 5.50. The minimum Gasteiger partial charge on any atom is -0.494 e. The number of methoxy groups -OCH3 is 1. The number of ether oxygens (including phenoxy) is 3. The van der Waals surface area contributed by atoms with E-state index in [9.17, 15) is 30.3 Å². The summed E-state index contributed by atoms with van der Waals surface area (Å²) < 4.78 is 16.7. The highest BCUT2D eigenvalue weighted by Gasteiger charge is 2.23. The molecule has 3 aromatic rings. The quantitative estimate of drug-likeness (QED) is 0.130. The van der Waals surface area contributed by atoms with Gasteiger partial charge in [-0.2, -0.15) is 5.26 Å². The van der Waals surface area contributed by atoms with E-state index in [0.29, 0.717) is 23.6 Å². The van der Waals surface area contributed by atoms with Crippen LogP contribution < -0.4 is 19.5 Å². The second kappa shape index (κ2) is 12.3. The Bertz CT molecular complexity index is 1470. The average Bonchev–Trinajstić information content (AvgIpc) is 2.89. The highest BCUT2D eigenvalue weighted by molar-refractivity contribution is 9.10. The van der Waals surface area contributed by atoms with E-state index in [0.717, 1.165) is 18.2 Å². The van der Waals surface area contributed by atoms with Crippen LogP contribution in [0.1, 0.15) is 12.5 Å². The molecular formula is C25H19BrN4O8. The lowest BCUT2D eigenvalue weighted by Crippen LogP contribution is -2.13. The Morgan fingerprint density at radius 3 is 2.37 bits per heavy atom. The Labute approximate surface area is 224 Å². The molecule has 0 bridgehead atoms. The number of benzene rings is 3. The van der Waals surface area contributed by atoms with Gasteiger partial charge < -0.3 is 19.5 Å². The van der Waals surface area contributed by atoms with E-state index in [1.54, 1.807) is 24.3 Å². The molecule has 0 radical (unpaired) electrons. The van der Waals surface area contributed by atoms with Gasteiger partial charge in [0.1, 0.15) is 17.4 Å². The number of hydrogen-bond acceptors (Lipinski definition) is 9. The highest BCUT2D eigenvalue weighted by Crippen LogP contribution is 2.43. The molecule has 38 heavy (non-hydrogen) atoms. The predicted octanol–water partition coefficient (Wildman–Crippen LogP) is 6.01. The topological polar surface area (TPSA) is 167 Å². The van der Waals surface area contributed by atoms with Crippen molar-refractivity contribution in [2.75, 3.05) is 19.0 Å². The van der Waals surface area contributed by atoms with Crippen molar-refractivity contribution in [2.45, 2.75) is 6.92 Å². The summed E-state index contributed by atoms with van der Waals surface area (Å²) in [6.07, 6.45) is 1.33. The first-order valence-electron chi connectivity index (χ1n) is 10.8. The SMILES string of the molecule is CCOc1ccc(NC(=O)/C(C#N)=C\c2cc(Br)c(Oc3ccc([N+](=O)[O-])cc3[N+](=O)[O-])c(OC)c2)cc1. The molecule has 13 heteroatoms. The molecule has 0 aromatic heterocycles. The number of anilines is 1. The van der Waals surface area contributed by atoms with E-state index in [1.807, 2.05) is 13.0 Å². The Morgan fingerprint density at radius 2 is 1.79 bits per heavy atom. The Hall–Kier alpha value is -4.96. The lowest BCUT2D eigenvalue weighted by atomic mass is 10.1. The summed E-state index contributed by atoms with van der Waals surface area (Å²) in [7, 11) is 1.33. The first-order chi connectivity index (χ1) is 18.2. The van der Waals surface area contributed by atoms with E-state index in [2.05, 4.69) is 21.2 Å². The van der Waals surface area contributed by atoms with Crippen LogP contribution in [0.4, 0.5) is 17.1 Å². The fourth-order valence-corrected chi connectivity index (χ4v) is 3.74. The van der Waals surface area contributed by atoms with Crippen molar-refractivity contribution in [3.05, 3.63) is 90.4 Å². The van der Waals surface area contributed by atoms with Gasteiger partial charge in [0, 0.05) is 11.8 Å². The lowest BCUT2D eigenvalue weighted by Gasteiger charge is -2.13. The standard InChI is InChI=1S/C25H19BrN4O8/c1-3-37-19-7-4-17(5-8-19)28-25(31)16(14-27)10-15-11-20(26)24(23(12-15)36-2)38-22-9-6-18(29(32)33)13-21(22)30(34)35/h4-13H,3H2,1-2H3,(H,28,31)/b16-10-. The Kier molecular flexibility index (Phi) is 8.96.